The predicted octanol–water partition coefficient (Wildman–Crippen LogP) is 5.27. The third kappa shape index (κ3) is 5.37. The number of fused-ring (bicyclic) bond motifs is 1. The molecule has 5 aromatic rings. The van der Waals surface area contributed by atoms with Gasteiger partial charge in [-0.3, -0.25) is 23.6 Å². The Morgan fingerprint density at radius 3 is 2.51 bits per heavy atom. The molecule has 0 saturated carbocycles. The van der Waals surface area contributed by atoms with Gasteiger partial charge < -0.3 is 5.32 Å². The van der Waals surface area contributed by atoms with Gasteiger partial charge in [0, 0.05) is 36.4 Å². The topological polar surface area (TPSA) is 114 Å². The molecule has 2 aromatic carbocycles. The highest BCUT2D eigenvalue weighted by Gasteiger charge is 2.21. The lowest BCUT2D eigenvalue weighted by molar-refractivity contribution is 0.600. The van der Waals surface area contributed by atoms with E-state index in [1.54, 1.807) is 23.8 Å². The van der Waals surface area contributed by atoms with E-state index >= 15 is 0 Å². The minimum atomic E-state index is -3.50. The summed E-state index contributed by atoms with van der Waals surface area (Å²) < 4.78 is 27.1. The molecule has 11 heteroatoms. The number of nitrogens with one attached hydrogen (secondary N) is 1. The van der Waals surface area contributed by atoms with E-state index in [4.69, 9.17) is 6.57 Å². The van der Waals surface area contributed by atoms with E-state index in [0.717, 1.165) is 10.6 Å². The number of hydrogen-bond acceptors (Lipinski definition) is 7. The Bertz CT molecular complexity index is 1980. The first-order chi connectivity index (χ1) is 19.6. The van der Waals surface area contributed by atoms with Gasteiger partial charge in [-0.25, -0.2) is 18.2 Å². The van der Waals surface area contributed by atoms with Crippen molar-refractivity contribution >= 4 is 38.0 Å². The number of para-hydroxylation sites is 1. The van der Waals surface area contributed by atoms with E-state index in [-0.39, 0.29) is 11.2 Å². The summed E-state index contributed by atoms with van der Waals surface area (Å²) in [5.41, 5.74) is 2.99. The molecule has 10 nitrogen and oxygen atoms in total. The maximum atomic E-state index is 14.4. The SMILES string of the molecule is [C-]#[N+]c1cnc(C)nc1N[C@@H](C)c1cc2cccc(-c3cncc(N(C)S(C)(=O)=O)c3)c2c(=O)n1-c1ccccc1. The highest BCUT2D eigenvalue weighted by Crippen LogP contribution is 2.32. The number of benzene rings is 2. The third-order valence-electron chi connectivity index (χ3n) is 6.79. The summed E-state index contributed by atoms with van der Waals surface area (Å²) in [4.78, 5) is 30.7. The lowest BCUT2D eigenvalue weighted by Crippen LogP contribution is -2.26. The molecule has 0 amide bonds. The molecule has 0 saturated heterocycles. The van der Waals surface area contributed by atoms with Crippen LogP contribution in [-0.2, 0) is 10.0 Å². The van der Waals surface area contributed by atoms with Crippen molar-refractivity contribution in [2.75, 3.05) is 22.9 Å². The molecule has 5 rings (SSSR count). The maximum Gasteiger partial charge on any atom is 0.263 e. The summed E-state index contributed by atoms with van der Waals surface area (Å²) >= 11 is 0. The van der Waals surface area contributed by atoms with Crippen LogP contribution in [0.25, 0.3) is 32.4 Å². The molecular formula is C30H27N7O3S. The van der Waals surface area contributed by atoms with Gasteiger partial charge in [-0.05, 0) is 49.1 Å². The van der Waals surface area contributed by atoms with Gasteiger partial charge >= 0.3 is 0 Å². The summed E-state index contributed by atoms with van der Waals surface area (Å²) in [5.74, 6) is 0.909. The summed E-state index contributed by atoms with van der Waals surface area (Å²) in [7, 11) is -2.04. The molecule has 206 valence electrons. The monoisotopic (exact) mass is 565 g/mol. The Morgan fingerprint density at radius 2 is 1.80 bits per heavy atom. The zero-order valence-electron chi connectivity index (χ0n) is 22.9. The van der Waals surface area contributed by atoms with Crippen LogP contribution < -0.4 is 15.2 Å². The lowest BCUT2D eigenvalue weighted by atomic mass is 9.98. The molecule has 1 atom stereocenters. The first kappa shape index (κ1) is 27.5. The van der Waals surface area contributed by atoms with E-state index in [9.17, 15) is 13.2 Å². The highest BCUT2D eigenvalue weighted by atomic mass is 32.2. The largest absolute Gasteiger partial charge is 0.371 e. The number of nitrogens with zero attached hydrogens (tertiary/aromatic N) is 6. The first-order valence-electron chi connectivity index (χ1n) is 12.7. The number of rotatable bonds is 7. The molecule has 3 heterocycles. The zero-order chi connectivity index (χ0) is 29.3. The van der Waals surface area contributed by atoms with Gasteiger partial charge in [0.15, 0.2) is 0 Å². The molecule has 0 radical (unpaired) electrons. The second kappa shape index (κ2) is 10.8. The second-order valence-electron chi connectivity index (χ2n) is 9.61. The van der Waals surface area contributed by atoms with Gasteiger partial charge in [0.2, 0.25) is 15.7 Å². The Balaban J connectivity index is 1.73. The molecule has 0 aliphatic rings. The minimum absolute atomic E-state index is 0.251. The quantitative estimate of drug-likeness (QED) is 0.267. The van der Waals surface area contributed by atoms with E-state index in [2.05, 4.69) is 25.1 Å². The molecule has 0 aliphatic heterocycles. The van der Waals surface area contributed by atoms with Crippen molar-refractivity contribution in [3.05, 3.63) is 113 Å². The van der Waals surface area contributed by atoms with Crippen molar-refractivity contribution in [3.8, 4) is 16.8 Å². The molecule has 0 bridgehead atoms. The van der Waals surface area contributed by atoms with Crippen LogP contribution in [0.15, 0.2) is 84.0 Å². The number of aromatic nitrogens is 4. The fourth-order valence-electron chi connectivity index (χ4n) is 4.65. The molecular weight excluding hydrogens is 538 g/mol. The fourth-order valence-corrected chi connectivity index (χ4v) is 5.14. The number of sulfonamides is 1. The van der Waals surface area contributed by atoms with Gasteiger partial charge in [0.25, 0.3) is 5.56 Å². The lowest BCUT2D eigenvalue weighted by Gasteiger charge is -2.22. The molecule has 0 spiro atoms. The van der Waals surface area contributed by atoms with Crippen molar-refractivity contribution < 1.29 is 8.42 Å². The van der Waals surface area contributed by atoms with Crippen LogP contribution in [0.3, 0.4) is 0 Å². The standard InChI is InChI=1S/C30H27N7O3S/c1-19(34-29-26(31-3)18-33-20(2)35-29)27-15-21-10-9-13-25(22-14-24(17-32-16-22)36(4)41(5,39)40)28(21)30(38)37(27)23-11-7-6-8-12-23/h6-19H,1-2,4-5H3,(H,33,34,35)/t19-/m0/s1. The number of anilines is 2. The van der Waals surface area contributed by atoms with Gasteiger partial charge in [0.1, 0.15) is 11.6 Å². The average Bonchev–Trinajstić information content (AvgIpc) is 2.96. The van der Waals surface area contributed by atoms with E-state index in [0.29, 0.717) is 50.6 Å². The summed E-state index contributed by atoms with van der Waals surface area (Å²) in [5, 5.41) is 4.47. The summed E-state index contributed by atoms with van der Waals surface area (Å²) in [6.07, 6.45) is 5.68. The van der Waals surface area contributed by atoms with Crippen molar-refractivity contribution in [2.45, 2.75) is 19.9 Å². The Kier molecular flexibility index (Phi) is 7.26. The number of pyridine rings is 2. The van der Waals surface area contributed by atoms with Gasteiger partial charge in [-0.2, -0.15) is 0 Å². The Hall–Kier alpha value is -5.08. The van der Waals surface area contributed by atoms with Crippen molar-refractivity contribution in [1.29, 1.82) is 0 Å². The summed E-state index contributed by atoms with van der Waals surface area (Å²) in [6.45, 7) is 11.2. The van der Waals surface area contributed by atoms with Crippen LogP contribution in [0.4, 0.5) is 17.2 Å². The first-order valence-corrected chi connectivity index (χ1v) is 14.5. The average molecular weight is 566 g/mol. The van der Waals surface area contributed by atoms with Crippen LogP contribution >= 0.6 is 0 Å². The van der Waals surface area contributed by atoms with E-state index in [1.807, 2.05) is 61.5 Å². The van der Waals surface area contributed by atoms with Gasteiger partial charge in [-0.15, -0.1) is 0 Å². The molecule has 3 aromatic heterocycles. The predicted molar refractivity (Wildman–Crippen MR) is 161 cm³/mol. The van der Waals surface area contributed by atoms with Crippen LogP contribution in [0.1, 0.15) is 24.5 Å². The minimum Gasteiger partial charge on any atom is -0.371 e. The van der Waals surface area contributed by atoms with Crippen LogP contribution in [0.2, 0.25) is 0 Å². The molecule has 0 aliphatic carbocycles. The Morgan fingerprint density at radius 1 is 1.05 bits per heavy atom. The molecule has 41 heavy (non-hydrogen) atoms. The van der Waals surface area contributed by atoms with Crippen molar-refractivity contribution in [3.63, 3.8) is 0 Å². The van der Waals surface area contributed by atoms with Crippen LogP contribution in [0.5, 0.6) is 0 Å². The second-order valence-corrected chi connectivity index (χ2v) is 11.6. The van der Waals surface area contributed by atoms with Gasteiger partial charge in [0.05, 0.1) is 36.1 Å². The van der Waals surface area contributed by atoms with Crippen LogP contribution in [0, 0.1) is 13.5 Å². The van der Waals surface area contributed by atoms with E-state index in [1.165, 1.54) is 19.4 Å². The van der Waals surface area contributed by atoms with E-state index < -0.39 is 16.1 Å². The van der Waals surface area contributed by atoms with Crippen LogP contribution in [-0.4, -0.2) is 41.2 Å². The third-order valence-corrected chi connectivity index (χ3v) is 8.00. The molecule has 0 fully saturated rings. The molecule has 0 unspecified atom stereocenters. The summed E-state index contributed by atoms with van der Waals surface area (Å²) in [6, 6.07) is 18.1. The number of aryl methyl sites for hydroxylation is 1. The molecule has 1 N–H and O–H groups in total. The van der Waals surface area contributed by atoms with Gasteiger partial charge in [-0.1, -0.05) is 36.4 Å². The maximum absolute atomic E-state index is 14.4. The normalized spacial score (nSPS) is 12.1. The van der Waals surface area contributed by atoms with Crippen molar-refractivity contribution in [1.82, 2.24) is 19.5 Å². The highest BCUT2D eigenvalue weighted by molar-refractivity contribution is 7.92. The van der Waals surface area contributed by atoms with Crippen molar-refractivity contribution in [2.24, 2.45) is 0 Å². The number of hydrogen-bond donors (Lipinski definition) is 1. The smallest absolute Gasteiger partial charge is 0.263 e. The zero-order valence-corrected chi connectivity index (χ0v) is 23.7. The fraction of sp³-hybridized carbons (Fsp3) is 0.167. The Labute approximate surface area is 237 Å².